The van der Waals surface area contributed by atoms with Crippen LogP contribution in [-0.4, -0.2) is 51.8 Å². The molecular weight excluding hydrogens is 350 g/mol. The van der Waals surface area contributed by atoms with E-state index in [4.69, 9.17) is 4.99 Å². The molecule has 1 aliphatic rings. The predicted molar refractivity (Wildman–Crippen MR) is 113 cm³/mol. The highest BCUT2D eigenvalue weighted by Gasteiger charge is 2.16. The molecule has 0 radical (unpaired) electrons. The fraction of sp³-hybridized carbons (Fsp3) is 0.571. The maximum absolute atomic E-state index is 4.70. The monoisotopic (exact) mass is 383 g/mol. The van der Waals surface area contributed by atoms with E-state index in [1.807, 2.05) is 0 Å². The van der Waals surface area contributed by atoms with Crippen molar-refractivity contribution in [2.75, 3.05) is 20.1 Å². The molecule has 0 bridgehead atoms. The van der Waals surface area contributed by atoms with Gasteiger partial charge in [0.2, 0.25) is 0 Å². The molecule has 0 saturated heterocycles. The Labute approximate surface area is 168 Å². The Morgan fingerprint density at radius 1 is 1.25 bits per heavy atom. The normalized spacial score (nSPS) is 14.9. The molecule has 1 unspecified atom stereocenters. The van der Waals surface area contributed by atoms with Gasteiger partial charge in [0.15, 0.2) is 11.8 Å². The molecule has 152 valence electrons. The van der Waals surface area contributed by atoms with Crippen LogP contribution in [0.1, 0.15) is 43.9 Å². The number of nitrogens with one attached hydrogen (secondary N) is 2. The maximum Gasteiger partial charge on any atom is 0.191 e. The average Bonchev–Trinajstić information content (AvgIpc) is 3.31. The van der Waals surface area contributed by atoms with E-state index >= 15 is 0 Å². The zero-order chi connectivity index (χ0) is 19.8. The van der Waals surface area contributed by atoms with Gasteiger partial charge in [0, 0.05) is 38.6 Å². The van der Waals surface area contributed by atoms with Crippen LogP contribution in [0.25, 0.3) is 0 Å². The summed E-state index contributed by atoms with van der Waals surface area (Å²) < 4.78 is 2.20. The summed E-state index contributed by atoms with van der Waals surface area (Å²) in [5, 5.41) is 15.3. The summed E-state index contributed by atoms with van der Waals surface area (Å²) in [4.78, 5) is 7.09. The van der Waals surface area contributed by atoms with E-state index in [1.165, 1.54) is 5.56 Å². The molecular formula is C21H33N7. The summed E-state index contributed by atoms with van der Waals surface area (Å²) in [6, 6.07) is 11.1. The lowest BCUT2D eigenvalue weighted by Gasteiger charge is -2.25. The molecule has 0 aliphatic carbocycles. The highest BCUT2D eigenvalue weighted by molar-refractivity contribution is 5.79. The second-order valence-corrected chi connectivity index (χ2v) is 7.45. The van der Waals surface area contributed by atoms with E-state index in [-0.39, 0.29) is 0 Å². The lowest BCUT2D eigenvalue weighted by Crippen LogP contribution is -2.40. The summed E-state index contributed by atoms with van der Waals surface area (Å²) in [5.41, 5.74) is 1.35. The van der Waals surface area contributed by atoms with Gasteiger partial charge >= 0.3 is 0 Å². The van der Waals surface area contributed by atoms with Crippen LogP contribution in [0.3, 0.4) is 0 Å². The maximum atomic E-state index is 4.70. The first-order valence-electron chi connectivity index (χ1n) is 10.3. The van der Waals surface area contributed by atoms with Crippen LogP contribution >= 0.6 is 0 Å². The molecule has 7 nitrogen and oxygen atoms in total. The molecule has 1 aliphatic heterocycles. The Kier molecular flexibility index (Phi) is 7.42. The van der Waals surface area contributed by atoms with Crippen LogP contribution in [0.4, 0.5) is 0 Å². The van der Waals surface area contributed by atoms with E-state index in [0.29, 0.717) is 12.6 Å². The molecule has 1 atom stereocenters. The zero-order valence-electron chi connectivity index (χ0n) is 17.4. The average molecular weight is 384 g/mol. The van der Waals surface area contributed by atoms with E-state index in [0.717, 1.165) is 63.0 Å². The van der Waals surface area contributed by atoms with Crippen molar-refractivity contribution in [3.63, 3.8) is 0 Å². The number of rotatable bonds is 9. The number of nitrogens with zero attached hydrogens (tertiary/aromatic N) is 5. The van der Waals surface area contributed by atoms with Crippen molar-refractivity contribution in [2.24, 2.45) is 4.99 Å². The number of aliphatic imine (C=N–C) groups is 1. The van der Waals surface area contributed by atoms with Crippen LogP contribution in [0.5, 0.6) is 0 Å². The minimum Gasteiger partial charge on any atom is -0.357 e. The molecule has 1 aromatic carbocycles. The van der Waals surface area contributed by atoms with Crippen molar-refractivity contribution in [1.29, 1.82) is 0 Å². The van der Waals surface area contributed by atoms with Crippen molar-refractivity contribution < 1.29 is 0 Å². The molecule has 28 heavy (non-hydrogen) atoms. The van der Waals surface area contributed by atoms with Crippen LogP contribution in [0.15, 0.2) is 35.3 Å². The third kappa shape index (κ3) is 5.55. The number of aryl methyl sites for hydroxylation is 1. The third-order valence-electron chi connectivity index (χ3n) is 5.29. The van der Waals surface area contributed by atoms with Gasteiger partial charge in [0.25, 0.3) is 0 Å². The first kappa shape index (κ1) is 20.3. The Morgan fingerprint density at radius 2 is 2.07 bits per heavy atom. The molecule has 0 spiro atoms. The smallest absolute Gasteiger partial charge is 0.191 e. The van der Waals surface area contributed by atoms with E-state index < -0.39 is 0 Å². The standard InChI is InChI=1S/C21H33N7/c1-4-22-21(24-15-20-26-25-19-11-8-14-28(19)20)23-13-12-17(2)27(3)16-18-9-6-5-7-10-18/h5-7,9-10,17H,4,8,11-16H2,1-3H3,(H2,22,23,24). The van der Waals surface area contributed by atoms with E-state index in [1.54, 1.807) is 0 Å². The molecule has 2 aromatic rings. The summed E-state index contributed by atoms with van der Waals surface area (Å²) in [6.07, 6.45) is 3.24. The van der Waals surface area contributed by atoms with Crippen LogP contribution in [0, 0.1) is 0 Å². The number of hydrogen-bond donors (Lipinski definition) is 2. The van der Waals surface area contributed by atoms with Crippen LogP contribution < -0.4 is 10.6 Å². The Bertz CT molecular complexity index is 753. The van der Waals surface area contributed by atoms with Crippen LogP contribution in [-0.2, 0) is 26.1 Å². The summed E-state index contributed by atoms with van der Waals surface area (Å²) in [6.45, 7) is 8.62. The summed E-state index contributed by atoms with van der Waals surface area (Å²) >= 11 is 0. The fourth-order valence-electron chi connectivity index (χ4n) is 3.47. The predicted octanol–water partition coefficient (Wildman–Crippen LogP) is 2.19. The fourth-order valence-corrected chi connectivity index (χ4v) is 3.47. The lowest BCUT2D eigenvalue weighted by molar-refractivity contribution is 0.238. The Morgan fingerprint density at radius 3 is 2.86 bits per heavy atom. The van der Waals surface area contributed by atoms with Gasteiger partial charge in [-0.15, -0.1) is 10.2 Å². The molecule has 0 saturated carbocycles. The first-order valence-corrected chi connectivity index (χ1v) is 10.3. The highest BCUT2D eigenvalue weighted by Crippen LogP contribution is 2.14. The molecule has 0 fully saturated rings. The summed E-state index contributed by atoms with van der Waals surface area (Å²) in [5.74, 6) is 2.90. The first-order chi connectivity index (χ1) is 13.7. The second kappa shape index (κ2) is 10.2. The number of aromatic nitrogens is 3. The summed E-state index contributed by atoms with van der Waals surface area (Å²) in [7, 11) is 2.18. The number of benzene rings is 1. The van der Waals surface area contributed by atoms with Crippen molar-refractivity contribution >= 4 is 5.96 Å². The van der Waals surface area contributed by atoms with Gasteiger partial charge < -0.3 is 15.2 Å². The van der Waals surface area contributed by atoms with Gasteiger partial charge in [-0.1, -0.05) is 30.3 Å². The Balaban J connectivity index is 1.46. The number of fused-ring (bicyclic) bond motifs is 1. The molecule has 2 N–H and O–H groups in total. The van der Waals surface area contributed by atoms with Crippen LogP contribution in [0.2, 0.25) is 0 Å². The zero-order valence-corrected chi connectivity index (χ0v) is 17.4. The SMILES string of the molecule is CCNC(=NCc1nnc2n1CCC2)NCCC(C)N(C)Cc1ccccc1. The van der Waals surface area contributed by atoms with E-state index in [9.17, 15) is 0 Å². The molecule has 2 heterocycles. The van der Waals surface area contributed by atoms with Crippen molar-refractivity contribution in [1.82, 2.24) is 30.3 Å². The van der Waals surface area contributed by atoms with Gasteiger partial charge in [-0.2, -0.15) is 0 Å². The van der Waals surface area contributed by atoms with Gasteiger partial charge in [-0.25, -0.2) is 4.99 Å². The quantitative estimate of drug-likeness (QED) is 0.513. The van der Waals surface area contributed by atoms with Crippen molar-refractivity contribution in [3.8, 4) is 0 Å². The van der Waals surface area contributed by atoms with Crippen molar-refractivity contribution in [3.05, 3.63) is 47.5 Å². The van der Waals surface area contributed by atoms with E-state index in [2.05, 4.69) is 81.5 Å². The topological polar surface area (TPSA) is 70.4 Å². The van der Waals surface area contributed by atoms with Crippen molar-refractivity contribution in [2.45, 2.75) is 58.8 Å². The van der Waals surface area contributed by atoms with Gasteiger partial charge in [-0.3, -0.25) is 4.90 Å². The molecule has 7 heteroatoms. The largest absolute Gasteiger partial charge is 0.357 e. The number of hydrogen-bond acceptors (Lipinski definition) is 4. The Hall–Kier alpha value is -2.41. The van der Waals surface area contributed by atoms with Gasteiger partial charge in [-0.05, 0) is 39.3 Å². The minimum atomic E-state index is 0.482. The van der Waals surface area contributed by atoms with Gasteiger partial charge in [0.05, 0.1) is 0 Å². The number of guanidine groups is 1. The second-order valence-electron chi connectivity index (χ2n) is 7.45. The molecule has 0 amide bonds. The van der Waals surface area contributed by atoms with Gasteiger partial charge in [0.1, 0.15) is 12.4 Å². The third-order valence-corrected chi connectivity index (χ3v) is 5.29. The molecule has 1 aromatic heterocycles. The minimum absolute atomic E-state index is 0.482. The highest BCUT2D eigenvalue weighted by atomic mass is 15.3. The molecule has 3 rings (SSSR count). The lowest BCUT2D eigenvalue weighted by atomic mass is 10.1.